The molecule has 2 amide bonds. The van der Waals surface area contributed by atoms with Crippen molar-refractivity contribution in [1.29, 1.82) is 0 Å². The Balaban J connectivity index is 1.81. The van der Waals surface area contributed by atoms with Crippen LogP contribution in [0.2, 0.25) is 0 Å². The van der Waals surface area contributed by atoms with Crippen LogP contribution in [0, 0.1) is 5.92 Å². The average molecular weight is 366 g/mol. The molecule has 136 valence electrons. The molecule has 3 rings (SSSR count). The average Bonchev–Trinajstić information content (AvgIpc) is 2.96. The van der Waals surface area contributed by atoms with Crippen molar-refractivity contribution in [1.82, 2.24) is 4.31 Å². The van der Waals surface area contributed by atoms with E-state index in [0.717, 1.165) is 11.4 Å². The maximum Gasteiger partial charge on any atom is 0.227 e. The number of para-hydroxylation sites is 2. The molecule has 0 saturated carbocycles. The lowest BCUT2D eigenvalue weighted by molar-refractivity contribution is -0.123. The Morgan fingerprint density at radius 1 is 1.12 bits per heavy atom. The highest BCUT2D eigenvalue weighted by atomic mass is 32.2. The summed E-state index contributed by atoms with van der Waals surface area (Å²) in [4.78, 5) is 27.4. The van der Waals surface area contributed by atoms with E-state index >= 15 is 0 Å². The highest BCUT2D eigenvalue weighted by Gasteiger charge is 2.35. The summed E-state index contributed by atoms with van der Waals surface area (Å²) >= 11 is 0. The van der Waals surface area contributed by atoms with Crippen LogP contribution in [-0.2, 0) is 19.6 Å². The normalized spacial score (nSPS) is 22.4. The van der Waals surface area contributed by atoms with Gasteiger partial charge in [-0.15, -0.1) is 0 Å². The third-order valence-corrected chi connectivity index (χ3v) is 6.05. The van der Waals surface area contributed by atoms with Gasteiger partial charge in [-0.2, -0.15) is 4.31 Å². The Bertz CT molecular complexity index is 787. The molecule has 0 radical (unpaired) electrons. The Morgan fingerprint density at radius 3 is 2.24 bits per heavy atom. The van der Waals surface area contributed by atoms with Gasteiger partial charge in [-0.3, -0.25) is 9.59 Å². The van der Waals surface area contributed by atoms with Gasteiger partial charge in [0.15, 0.2) is 0 Å². The van der Waals surface area contributed by atoms with Crippen molar-refractivity contribution in [2.75, 3.05) is 48.8 Å². The van der Waals surface area contributed by atoms with Gasteiger partial charge in [0.1, 0.15) is 0 Å². The zero-order chi connectivity index (χ0) is 18.2. The van der Waals surface area contributed by atoms with E-state index in [1.54, 1.807) is 4.90 Å². The molecule has 2 N–H and O–H groups in total. The lowest BCUT2D eigenvalue weighted by Crippen LogP contribution is -2.48. The molecule has 0 spiro atoms. The molecule has 0 bridgehead atoms. The summed E-state index contributed by atoms with van der Waals surface area (Å²) in [5.41, 5.74) is 6.96. The molecule has 2 saturated heterocycles. The fourth-order valence-electron chi connectivity index (χ4n) is 3.35. The van der Waals surface area contributed by atoms with Crippen LogP contribution in [-0.4, -0.2) is 63.5 Å². The minimum atomic E-state index is -3.19. The standard InChI is InChI=1S/C16H22N4O4S/c1-25(23,24)19-8-6-18(7-9-19)13-4-2-3-5-14(13)20-11-12(16(17)22)10-15(20)21/h2-5,12H,6-11H2,1H3,(H2,17,22)/t12-/m0/s1. The van der Waals surface area contributed by atoms with E-state index < -0.39 is 21.8 Å². The smallest absolute Gasteiger partial charge is 0.227 e. The number of benzene rings is 1. The van der Waals surface area contributed by atoms with Gasteiger partial charge in [0.2, 0.25) is 21.8 Å². The number of amides is 2. The van der Waals surface area contributed by atoms with E-state index in [-0.39, 0.29) is 18.9 Å². The van der Waals surface area contributed by atoms with Crippen LogP contribution in [0.1, 0.15) is 6.42 Å². The van der Waals surface area contributed by atoms with Crippen LogP contribution < -0.4 is 15.5 Å². The van der Waals surface area contributed by atoms with Gasteiger partial charge in [-0.25, -0.2) is 8.42 Å². The molecular weight excluding hydrogens is 344 g/mol. The molecule has 2 aliphatic rings. The SMILES string of the molecule is CS(=O)(=O)N1CCN(c2ccccc2N2C[C@@H](C(N)=O)CC2=O)CC1. The summed E-state index contributed by atoms with van der Waals surface area (Å²) in [6, 6.07) is 7.49. The maximum absolute atomic E-state index is 12.3. The molecule has 0 aromatic heterocycles. The lowest BCUT2D eigenvalue weighted by atomic mass is 10.1. The molecule has 1 aromatic carbocycles. The summed E-state index contributed by atoms with van der Waals surface area (Å²) in [5.74, 6) is -1.05. The summed E-state index contributed by atoms with van der Waals surface area (Å²) in [6.07, 6.45) is 1.34. The van der Waals surface area contributed by atoms with Gasteiger partial charge in [0.25, 0.3) is 0 Å². The largest absolute Gasteiger partial charge is 0.369 e. The first-order valence-electron chi connectivity index (χ1n) is 8.16. The number of nitrogens with two attached hydrogens (primary N) is 1. The minimum absolute atomic E-state index is 0.119. The van der Waals surface area contributed by atoms with Gasteiger partial charge < -0.3 is 15.5 Å². The van der Waals surface area contributed by atoms with Crippen molar-refractivity contribution < 1.29 is 18.0 Å². The zero-order valence-corrected chi connectivity index (χ0v) is 14.9. The van der Waals surface area contributed by atoms with Crippen LogP contribution in [0.3, 0.4) is 0 Å². The van der Waals surface area contributed by atoms with Crippen LogP contribution in [0.15, 0.2) is 24.3 Å². The Labute approximate surface area is 147 Å². The van der Waals surface area contributed by atoms with Gasteiger partial charge >= 0.3 is 0 Å². The first-order valence-corrected chi connectivity index (χ1v) is 10.0. The number of carbonyl (C=O) groups is 2. The third-order valence-electron chi connectivity index (χ3n) is 4.75. The van der Waals surface area contributed by atoms with Crippen molar-refractivity contribution in [2.45, 2.75) is 6.42 Å². The molecule has 2 heterocycles. The minimum Gasteiger partial charge on any atom is -0.369 e. The van der Waals surface area contributed by atoms with Crippen molar-refractivity contribution >= 4 is 33.2 Å². The molecule has 2 fully saturated rings. The van der Waals surface area contributed by atoms with Gasteiger partial charge in [0, 0.05) is 39.1 Å². The quantitative estimate of drug-likeness (QED) is 0.781. The molecule has 1 aromatic rings. The molecule has 8 nitrogen and oxygen atoms in total. The number of hydrogen-bond acceptors (Lipinski definition) is 5. The summed E-state index contributed by atoms with van der Waals surface area (Å²) < 4.78 is 24.8. The van der Waals surface area contributed by atoms with E-state index in [2.05, 4.69) is 4.90 Å². The Kier molecular flexibility index (Phi) is 4.70. The number of carbonyl (C=O) groups excluding carboxylic acids is 2. The zero-order valence-electron chi connectivity index (χ0n) is 14.1. The fourth-order valence-corrected chi connectivity index (χ4v) is 4.18. The second kappa shape index (κ2) is 6.64. The Hall–Kier alpha value is -2.13. The molecular formula is C16H22N4O4S. The Morgan fingerprint density at radius 2 is 1.72 bits per heavy atom. The number of piperazine rings is 1. The number of sulfonamides is 1. The fraction of sp³-hybridized carbons (Fsp3) is 0.500. The van der Waals surface area contributed by atoms with E-state index in [1.807, 2.05) is 24.3 Å². The number of hydrogen-bond donors (Lipinski definition) is 1. The van der Waals surface area contributed by atoms with E-state index in [0.29, 0.717) is 26.2 Å². The second-order valence-electron chi connectivity index (χ2n) is 6.45. The number of nitrogens with zero attached hydrogens (tertiary/aromatic N) is 3. The van der Waals surface area contributed by atoms with Crippen LogP contribution >= 0.6 is 0 Å². The first-order chi connectivity index (χ1) is 11.8. The summed E-state index contributed by atoms with van der Waals surface area (Å²) in [6.45, 7) is 2.20. The van der Waals surface area contributed by atoms with E-state index in [1.165, 1.54) is 10.6 Å². The molecule has 25 heavy (non-hydrogen) atoms. The van der Waals surface area contributed by atoms with Gasteiger partial charge in [0.05, 0.1) is 23.5 Å². The first kappa shape index (κ1) is 17.7. The monoisotopic (exact) mass is 366 g/mol. The van der Waals surface area contributed by atoms with Crippen LogP contribution in [0.4, 0.5) is 11.4 Å². The highest BCUT2D eigenvalue weighted by molar-refractivity contribution is 7.88. The van der Waals surface area contributed by atoms with Crippen molar-refractivity contribution in [3.8, 4) is 0 Å². The number of rotatable bonds is 4. The molecule has 2 aliphatic heterocycles. The van der Waals surface area contributed by atoms with Crippen LogP contribution in [0.5, 0.6) is 0 Å². The van der Waals surface area contributed by atoms with E-state index in [9.17, 15) is 18.0 Å². The summed E-state index contributed by atoms with van der Waals surface area (Å²) in [5, 5.41) is 0. The summed E-state index contributed by atoms with van der Waals surface area (Å²) in [7, 11) is -3.19. The number of primary amides is 1. The van der Waals surface area contributed by atoms with E-state index in [4.69, 9.17) is 5.73 Å². The predicted molar refractivity (Wildman–Crippen MR) is 94.7 cm³/mol. The maximum atomic E-state index is 12.3. The van der Waals surface area contributed by atoms with Crippen molar-refractivity contribution in [3.05, 3.63) is 24.3 Å². The third kappa shape index (κ3) is 3.62. The second-order valence-corrected chi connectivity index (χ2v) is 8.43. The van der Waals surface area contributed by atoms with Gasteiger partial charge in [-0.05, 0) is 12.1 Å². The molecule has 9 heteroatoms. The molecule has 1 atom stereocenters. The van der Waals surface area contributed by atoms with Crippen LogP contribution in [0.25, 0.3) is 0 Å². The predicted octanol–water partition coefficient (Wildman–Crippen LogP) is -0.394. The lowest BCUT2D eigenvalue weighted by Gasteiger charge is -2.36. The molecule has 0 aliphatic carbocycles. The van der Waals surface area contributed by atoms with Crippen molar-refractivity contribution in [3.63, 3.8) is 0 Å². The topological polar surface area (TPSA) is 104 Å². The number of anilines is 2. The molecule has 0 unspecified atom stereocenters. The van der Waals surface area contributed by atoms with Crippen molar-refractivity contribution in [2.24, 2.45) is 11.7 Å². The highest BCUT2D eigenvalue weighted by Crippen LogP contribution is 2.34. The van der Waals surface area contributed by atoms with Gasteiger partial charge in [-0.1, -0.05) is 12.1 Å².